The Bertz CT molecular complexity index is 427. The van der Waals surface area contributed by atoms with Gasteiger partial charge in [0, 0.05) is 19.0 Å². The average Bonchev–Trinajstić information content (AvgIpc) is 2.75. The molecule has 2 rings (SSSR count). The van der Waals surface area contributed by atoms with Crippen molar-refractivity contribution < 1.29 is 14.7 Å². The number of carboxylic acids is 1. The largest absolute Gasteiger partial charge is 0.481 e. The van der Waals surface area contributed by atoms with Crippen LogP contribution in [0, 0.1) is 5.92 Å². The van der Waals surface area contributed by atoms with Crippen LogP contribution in [-0.2, 0) is 4.79 Å². The third kappa shape index (κ3) is 2.76. The molecule has 8 heteroatoms. The topological polar surface area (TPSA) is 111 Å². The molecule has 0 spiro atoms. The first-order chi connectivity index (χ1) is 8.56. The van der Waals surface area contributed by atoms with E-state index in [1.165, 1.54) is 6.33 Å². The molecule has 1 saturated heterocycles. The van der Waals surface area contributed by atoms with Crippen LogP contribution in [0.3, 0.4) is 0 Å². The fourth-order valence-electron chi connectivity index (χ4n) is 1.88. The third-order valence-corrected chi connectivity index (χ3v) is 2.89. The molecular weight excluding hydrogens is 238 g/mol. The van der Waals surface area contributed by atoms with Crippen LogP contribution in [0.5, 0.6) is 0 Å². The molecule has 0 bridgehead atoms. The number of hydrogen-bond donors (Lipinski definition) is 3. The highest BCUT2D eigenvalue weighted by Crippen LogP contribution is 2.19. The van der Waals surface area contributed by atoms with Crippen LogP contribution in [0.4, 0.5) is 4.79 Å². The van der Waals surface area contributed by atoms with Crippen LogP contribution >= 0.6 is 0 Å². The molecule has 0 radical (unpaired) electrons. The number of hydrogen-bond acceptors (Lipinski definition) is 4. The van der Waals surface area contributed by atoms with E-state index in [2.05, 4.69) is 20.5 Å². The van der Waals surface area contributed by atoms with Gasteiger partial charge in [-0.25, -0.2) is 9.78 Å². The number of aliphatic carboxylic acids is 1. The van der Waals surface area contributed by atoms with Crippen molar-refractivity contribution >= 4 is 12.0 Å². The minimum Gasteiger partial charge on any atom is -0.481 e. The number of carbonyl (C=O) groups excluding carboxylic acids is 1. The summed E-state index contributed by atoms with van der Waals surface area (Å²) >= 11 is 0. The minimum atomic E-state index is -0.824. The molecule has 8 nitrogen and oxygen atoms in total. The zero-order chi connectivity index (χ0) is 13.1. The molecule has 2 amide bonds. The first-order valence-corrected chi connectivity index (χ1v) is 5.68. The first kappa shape index (κ1) is 12.3. The lowest BCUT2D eigenvalue weighted by Crippen LogP contribution is -2.54. The Kier molecular flexibility index (Phi) is 3.45. The number of nitrogens with zero attached hydrogens (tertiary/aromatic N) is 3. The van der Waals surface area contributed by atoms with Gasteiger partial charge in [0.2, 0.25) is 0 Å². The van der Waals surface area contributed by atoms with Gasteiger partial charge in [-0.15, -0.1) is 0 Å². The lowest BCUT2D eigenvalue weighted by Gasteiger charge is -2.38. The Morgan fingerprint density at radius 1 is 1.67 bits per heavy atom. The maximum atomic E-state index is 11.8. The predicted molar refractivity (Wildman–Crippen MR) is 60.6 cm³/mol. The van der Waals surface area contributed by atoms with Crippen LogP contribution in [0.25, 0.3) is 0 Å². The summed E-state index contributed by atoms with van der Waals surface area (Å²) < 4.78 is 0. The van der Waals surface area contributed by atoms with E-state index in [0.717, 1.165) is 0 Å². The van der Waals surface area contributed by atoms with Crippen molar-refractivity contribution in [2.75, 3.05) is 13.1 Å². The fourth-order valence-corrected chi connectivity index (χ4v) is 1.88. The molecule has 1 aliphatic rings. The lowest BCUT2D eigenvalue weighted by molar-refractivity contribution is -0.139. The zero-order valence-corrected chi connectivity index (χ0v) is 9.96. The molecule has 0 aliphatic carbocycles. The molecule has 1 aliphatic heterocycles. The smallest absolute Gasteiger partial charge is 0.317 e. The maximum absolute atomic E-state index is 11.8. The van der Waals surface area contributed by atoms with Gasteiger partial charge in [0.05, 0.1) is 12.5 Å². The highest BCUT2D eigenvalue weighted by atomic mass is 16.4. The van der Waals surface area contributed by atoms with Gasteiger partial charge >= 0.3 is 12.0 Å². The summed E-state index contributed by atoms with van der Waals surface area (Å²) in [5.41, 5.74) is 0. The zero-order valence-electron chi connectivity index (χ0n) is 9.96. The highest BCUT2D eigenvalue weighted by molar-refractivity contribution is 5.76. The molecule has 0 aromatic carbocycles. The van der Waals surface area contributed by atoms with E-state index < -0.39 is 5.97 Å². The van der Waals surface area contributed by atoms with Gasteiger partial charge in [0.15, 0.2) is 0 Å². The fraction of sp³-hybridized carbons (Fsp3) is 0.600. The Labute approximate surface area is 103 Å². The normalized spacial score (nSPS) is 17.1. The van der Waals surface area contributed by atoms with Gasteiger partial charge in [-0.1, -0.05) is 0 Å². The number of H-pyrrole nitrogens is 1. The van der Waals surface area contributed by atoms with Gasteiger partial charge < -0.3 is 15.3 Å². The number of carbonyl (C=O) groups is 2. The van der Waals surface area contributed by atoms with Gasteiger partial charge in [-0.2, -0.15) is 5.10 Å². The number of aromatic amines is 1. The van der Waals surface area contributed by atoms with Gasteiger partial charge in [0.25, 0.3) is 0 Å². The second-order valence-corrected chi connectivity index (χ2v) is 4.41. The summed E-state index contributed by atoms with van der Waals surface area (Å²) in [5.74, 6) is -0.171. The summed E-state index contributed by atoms with van der Waals surface area (Å²) in [4.78, 5) is 27.8. The van der Waals surface area contributed by atoms with Gasteiger partial charge in [-0.3, -0.25) is 9.89 Å². The van der Waals surface area contributed by atoms with E-state index >= 15 is 0 Å². The minimum absolute atomic E-state index is 0.0637. The number of likely N-dealkylation sites (tertiary alicyclic amines) is 1. The van der Waals surface area contributed by atoms with Crippen LogP contribution in [0.1, 0.15) is 25.2 Å². The second kappa shape index (κ2) is 5.03. The lowest BCUT2D eigenvalue weighted by atomic mass is 9.97. The van der Waals surface area contributed by atoms with Gasteiger partial charge in [0.1, 0.15) is 12.2 Å². The summed E-state index contributed by atoms with van der Waals surface area (Å²) in [6.45, 7) is 2.77. The Morgan fingerprint density at radius 3 is 2.94 bits per heavy atom. The Morgan fingerprint density at radius 2 is 2.39 bits per heavy atom. The molecule has 18 heavy (non-hydrogen) atoms. The highest BCUT2D eigenvalue weighted by Gasteiger charge is 2.32. The molecular formula is C10H15N5O3. The standard InChI is InChI=1S/C10H15N5O3/c1-6(9-11-5-12-14-9)13-10(18)15-3-7(4-15)2-8(16)17/h5-7H,2-4H2,1H3,(H,13,18)(H,16,17)(H,11,12,14). The van der Waals surface area contributed by atoms with Crippen molar-refractivity contribution in [2.24, 2.45) is 5.92 Å². The molecule has 1 aromatic heterocycles. The molecule has 1 unspecified atom stereocenters. The SMILES string of the molecule is CC(NC(=O)N1CC(CC(=O)O)C1)c1ncn[nH]1. The number of nitrogens with one attached hydrogen (secondary N) is 2. The van der Waals surface area contributed by atoms with E-state index in [1.54, 1.807) is 11.8 Å². The summed E-state index contributed by atoms with van der Waals surface area (Å²) in [5, 5.41) is 17.8. The maximum Gasteiger partial charge on any atom is 0.317 e. The number of urea groups is 1. The van der Waals surface area contributed by atoms with Gasteiger partial charge in [-0.05, 0) is 6.92 Å². The van der Waals surface area contributed by atoms with Crippen LogP contribution < -0.4 is 5.32 Å². The molecule has 1 fully saturated rings. The third-order valence-electron chi connectivity index (χ3n) is 2.89. The van der Waals surface area contributed by atoms with Crippen LogP contribution in [-0.4, -0.2) is 50.3 Å². The summed E-state index contributed by atoms with van der Waals surface area (Å²) in [6.07, 6.45) is 1.49. The van der Waals surface area contributed by atoms with Crippen LogP contribution in [0.15, 0.2) is 6.33 Å². The average molecular weight is 253 g/mol. The molecule has 2 heterocycles. The quantitative estimate of drug-likeness (QED) is 0.698. The number of amides is 2. The van der Waals surface area contributed by atoms with Crippen molar-refractivity contribution in [3.05, 3.63) is 12.2 Å². The monoisotopic (exact) mass is 253 g/mol. The van der Waals surface area contributed by atoms with E-state index in [0.29, 0.717) is 18.9 Å². The van der Waals surface area contributed by atoms with E-state index in [4.69, 9.17) is 5.11 Å². The summed E-state index contributed by atoms with van der Waals surface area (Å²) in [7, 11) is 0. The molecule has 1 aromatic rings. The molecule has 3 N–H and O–H groups in total. The molecule has 98 valence electrons. The molecule has 0 saturated carbocycles. The van der Waals surface area contributed by atoms with Crippen molar-refractivity contribution in [3.8, 4) is 0 Å². The van der Waals surface area contributed by atoms with E-state index in [-0.39, 0.29) is 24.4 Å². The Hall–Kier alpha value is -2.12. The predicted octanol–water partition coefficient (Wildman–Crippen LogP) is -0.0182. The number of carboxylic acid groups (broad SMARTS) is 1. The van der Waals surface area contributed by atoms with Crippen molar-refractivity contribution in [2.45, 2.75) is 19.4 Å². The van der Waals surface area contributed by atoms with E-state index in [1.807, 2.05) is 0 Å². The van der Waals surface area contributed by atoms with E-state index in [9.17, 15) is 9.59 Å². The molecule has 1 atom stereocenters. The second-order valence-electron chi connectivity index (χ2n) is 4.41. The van der Waals surface area contributed by atoms with Crippen molar-refractivity contribution in [3.63, 3.8) is 0 Å². The van der Waals surface area contributed by atoms with Crippen molar-refractivity contribution in [1.29, 1.82) is 0 Å². The summed E-state index contributed by atoms with van der Waals surface area (Å²) in [6, 6.07) is -0.459. The number of aromatic nitrogens is 3. The number of rotatable bonds is 4. The first-order valence-electron chi connectivity index (χ1n) is 5.68. The Balaban J connectivity index is 1.75. The van der Waals surface area contributed by atoms with Crippen molar-refractivity contribution in [1.82, 2.24) is 25.4 Å². The van der Waals surface area contributed by atoms with Crippen LogP contribution in [0.2, 0.25) is 0 Å².